The van der Waals surface area contributed by atoms with Gasteiger partial charge in [-0.1, -0.05) is 44.0 Å². The largest absolute Gasteiger partial charge is 0.402 e. The molecule has 0 bridgehead atoms. The van der Waals surface area contributed by atoms with E-state index in [1.54, 1.807) is 7.05 Å². The average molecular weight is 351 g/mol. The van der Waals surface area contributed by atoms with E-state index in [0.29, 0.717) is 11.5 Å². The van der Waals surface area contributed by atoms with Crippen LogP contribution in [-0.4, -0.2) is 37.5 Å². The van der Waals surface area contributed by atoms with Crippen molar-refractivity contribution in [3.05, 3.63) is 77.8 Å². The minimum Gasteiger partial charge on any atom is -0.402 e. The van der Waals surface area contributed by atoms with Crippen LogP contribution in [0.3, 0.4) is 0 Å². The van der Waals surface area contributed by atoms with Crippen molar-refractivity contribution < 1.29 is 0 Å². The number of hydrogen-bond acceptors (Lipinski definition) is 4. The van der Waals surface area contributed by atoms with Gasteiger partial charge in [0.15, 0.2) is 0 Å². The molecule has 1 aromatic rings. The summed E-state index contributed by atoms with van der Waals surface area (Å²) in [6, 6.07) is 8.00. The second-order valence-corrected chi connectivity index (χ2v) is 6.38. The molecule has 138 valence electrons. The SMILES string of the molecule is C=C(C(=C)c1ccccc1C(C)=NC(=C)N(C)C)C(C(C)=NC)=C(C)N. The fourth-order valence-electron chi connectivity index (χ4n) is 2.58. The first-order chi connectivity index (χ1) is 12.1. The maximum Gasteiger partial charge on any atom is 0.121 e. The summed E-state index contributed by atoms with van der Waals surface area (Å²) in [5.41, 5.74) is 12.8. The van der Waals surface area contributed by atoms with Gasteiger partial charge in [-0.15, -0.1) is 0 Å². The molecule has 0 fully saturated rings. The normalized spacial score (nSPS) is 13.2. The Hall–Kier alpha value is -2.88. The van der Waals surface area contributed by atoms with Gasteiger partial charge in [0.25, 0.3) is 0 Å². The van der Waals surface area contributed by atoms with Crippen molar-refractivity contribution in [3.8, 4) is 0 Å². The molecule has 0 amide bonds. The summed E-state index contributed by atoms with van der Waals surface area (Å²) in [6.07, 6.45) is 0. The van der Waals surface area contributed by atoms with Gasteiger partial charge in [-0.2, -0.15) is 0 Å². The molecule has 0 aliphatic carbocycles. The number of nitrogens with two attached hydrogens (primary N) is 1. The lowest BCUT2D eigenvalue weighted by Gasteiger charge is -2.18. The Labute approximate surface area is 157 Å². The topological polar surface area (TPSA) is 54.0 Å². The quantitative estimate of drug-likeness (QED) is 0.584. The first kappa shape index (κ1) is 21.2. The molecule has 0 saturated carbocycles. The second-order valence-electron chi connectivity index (χ2n) is 6.38. The number of nitrogens with zero attached hydrogens (tertiary/aromatic N) is 3. The first-order valence-electron chi connectivity index (χ1n) is 8.41. The maximum absolute atomic E-state index is 6.08. The number of benzene rings is 1. The van der Waals surface area contributed by atoms with Crippen LogP contribution in [0.15, 0.2) is 76.7 Å². The standard InChI is InChI=1S/C22H30N4/c1-14(15(2)22(16(3)23)18(5)24-7)20-12-10-11-13-21(20)17(4)25-19(6)26(8)9/h10-13H,1-2,6,23H2,3-5,7-9H3. The van der Waals surface area contributed by atoms with Gasteiger partial charge in [0.2, 0.25) is 0 Å². The fraction of sp³-hybridized carbons (Fsp3) is 0.273. The molecule has 1 aromatic carbocycles. The molecule has 0 aromatic heterocycles. The zero-order valence-electron chi connectivity index (χ0n) is 16.8. The van der Waals surface area contributed by atoms with Crippen LogP contribution in [0, 0.1) is 0 Å². The number of aliphatic imine (C=N–C) groups is 2. The highest BCUT2D eigenvalue weighted by atomic mass is 15.2. The predicted molar refractivity (Wildman–Crippen MR) is 116 cm³/mol. The molecular weight excluding hydrogens is 320 g/mol. The highest BCUT2D eigenvalue weighted by Gasteiger charge is 2.16. The van der Waals surface area contributed by atoms with E-state index in [1.807, 2.05) is 64.0 Å². The maximum atomic E-state index is 6.08. The molecule has 1 rings (SSSR count). The summed E-state index contributed by atoms with van der Waals surface area (Å²) >= 11 is 0. The number of hydrogen-bond donors (Lipinski definition) is 1. The zero-order chi connectivity index (χ0) is 20.0. The molecule has 0 unspecified atom stereocenters. The Bertz CT molecular complexity index is 816. The Morgan fingerprint density at radius 1 is 1.00 bits per heavy atom. The van der Waals surface area contributed by atoms with Gasteiger partial charge < -0.3 is 10.6 Å². The molecule has 0 aliphatic heterocycles. The smallest absolute Gasteiger partial charge is 0.121 e. The lowest BCUT2D eigenvalue weighted by atomic mass is 9.88. The van der Waals surface area contributed by atoms with Crippen molar-refractivity contribution in [3.63, 3.8) is 0 Å². The summed E-state index contributed by atoms with van der Waals surface area (Å²) in [4.78, 5) is 10.7. The van der Waals surface area contributed by atoms with E-state index in [2.05, 4.69) is 29.7 Å². The number of allylic oxidation sites excluding steroid dienone is 4. The zero-order valence-corrected chi connectivity index (χ0v) is 16.8. The van der Waals surface area contributed by atoms with Crippen molar-refractivity contribution >= 4 is 17.0 Å². The lowest BCUT2D eigenvalue weighted by Crippen LogP contribution is -2.12. The highest BCUT2D eigenvalue weighted by molar-refractivity contribution is 6.10. The molecule has 26 heavy (non-hydrogen) atoms. The van der Waals surface area contributed by atoms with Crippen molar-refractivity contribution in [2.24, 2.45) is 15.7 Å². The van der Waals surface area contributed by atoms with Gasteiger partial charge in [0, 0.05) is 49.4 Å². The fourth-order valence-corrected chi connectivity index (χ4v) is 2.58. The molecular formula is C22H30N4. The Morgan fingerprint density at radius 3 is 2.00 bits per heavy atom. The monoisotopic (exact) mass is 350 g/mol. The van der Waals surface area contributed by atoms with E-state index in [0.717, 1.165) is 39.3 Å². The summed E-state index contributed by atoms with van der Waals surface area (Å²) in [6.45, 7) is 18.2. The second kappa shape index (κ2) is 8.99. The highest BCUT2D eigenvalue weighted by Crippen LogP contribution is 2.30. The van der Waals surface area contributed by atoms with E-state index < -0.39 is 0 Å². The molecule has 2 N–H and O–H groups in total. The minimum absolute atomic E-state index is 0.670. The molecule has 0 aliphatic rings. The van der Waals surface area contributed by atoms with Gasteiger partial charge in [-0.3, -0.25) is 4.99 Å². The molecule has 0 spiro atoms. The molecule has 4 heteroatoms. The van der Waals surface area contributed by atoms with Gasteiger partial charge in [-0.05, 0) is 37.5 Å². The summed E-state index contributed by atoms with van der Waals surface area (Å²) in [5.74, 6) is 0.689. The van der Waals surface area contributed by atoms with Crippen LogP contribution in [0.5, 0.6) is 0 Å². The Kier molecular flexibility index (Phi) is 7.32. The molecule has 0 heterocycles. The van der Waals surface area contributed by atoms with E-state index in [-0.39, 0.29) is 0 Å². The third-order valence-corrected chi connectivity index (χ3v) is 4.21. The van der Waals surface area contributed by atoms with Crippen LogP contribution >= 0.6 is 0 Å². The third-order valence-electron chi connectivity index (χ3n) is 4.21. The Morgan fingerprint density at radius 2 is 1.54 bits per heavy atom. The van der Waals surface area contributed by atoms with Gasteiger partial charge in [-0.25, -0.2) is 4.99 Å². The van der Waals surface area contributed by atoms with Crippen LogP contribution in [0.2, 0.25) is 0 Å². The number of rotatable bonds is 7. The van der Waals surface area contributed by atoms with Crippen LogP contribution in [-0.2, 0) is 0 Å². The van der Waals surface area contributed by atoms with Crippen molar-refractivity contribution in [1.82, 2.24) is 4.90 Å². The molecule has 0 atom stereocenters. The third kappa shape index (κ3) is 4.82. The van der Waals surface area contributed by atoms with Crippen LogP contribution in [0.4, 0.5) is 0 Å². The van der Waals surface area contributed by atoms with Crippen LogP contribution < -0.4 is 5.73 Å². The van der Waals surface area contributed by atoms with Gasteiger partial charge >= 0.3 is 0 Å². The lowest BCUT2D eigenvalue weighted by molar-refractivity contribution is 0.509. The summed E-state index contributed by atoms with van der Waals surface area (Å²) < 4.78 is 0. The van der Waals surface area contributed by atoms with Gasteiger partial charge in [0.1, 0.15) is 5.82 Å². The van der Waals surface area contributed by atoms with Crippen molar-refractivity contribution in [2.75, 3.05) is 21.1 Å². The Balaban J connectivity index is 3.42. The van der Waals surface area contributed by atoms with Crippen LogP contribution in [0.25, 0.3) is 5.57 Å². The predicted octanol–water partition coefficient (Wildman–Crippen LogP) is 4.42. The van der Waals surface area contributed by atoms with E-state index in [1.165, 1.54) is 0 Å². The molecule has 4 nitrogen and oxygen atoms in total. The summed E-state index contributed by atoms with van der Waals surface area (Å²) in [5, 5.41) is 0. The van der Waals surface area contributed by atoms with E-state index in [9.17, 15) is 0 Å². The minimum atomic E-state index is 0.670. The van der Waals surface area contributed by atoms with E-state index in [4.69, 9.17) is 5.73 Å². The molecule has 0 saturated heterocycles. The first-order valence-corrected chi connectivity index (χ1v) is 8.41. The summed E-state index contributed by atoms with van der Waals surface area (Å²) in [7, 11) is 5.57. The average Bonchev–Trinajstić information content (AvgIpc) is 2.60. The van der Waals surface area contributed by atoms with Crippen molar-refractivity contribution in [1.29, 1.82) is 0 Å². The van der Waals surface area contributed by atoms with Crippen LogP contribution in [0.1, 0.15) is 31.9 Å². The van der Waals surface area contributed by atoms with Gasteiger partial charge in [0.05, 0.1) is 0 Å². The van der Waals surface area contributed by atoms with Crippen molar-refractivity contribution in [2.45, 2.75) is 20.8 Å². The molecule has 0 radical (unpaired) electrons. The van der Waals surface area contributed by atoms with E-state index >= 15 is 0 Å².